The van der Waals surface area contributed by atoms with Gasteiger partial charge in [0.2, 0.25) is 5.78 Å². The minimum atomic E-state index is -4.50. The second-order valence-electron chi connectivity index (χ2n) is 7.75. The van der Waals surface area contributed by atoms with Gasteiger partial charge >= 0.3 is 6.18 Å². The molecule has 9 nitrogen and oxygen atoms in total. The van der Waals surface area contributed by atoms with E-state index >= 15 is 0 Å². The van der Waals surface area contributed by atoms with Crippen LogP contribution < -0.4 is 15.0 Å². The van der Waals surface area contributed by atoms with Crippen molar-refractivity contribution in [3.63, 3.8) is 0 Å². The van der Waals surface area contributed by atoms with Crippen LogP contribution in [0.2, 0.25) is 0 Å². The lowest BCUT2D eigenvalue weighted by Gasteiger charge is -2.14. The molecule has 0 radical (unpaired) electrons. The van der Waals surface area contributed by atoms with Crippen LogP contribution >= 0.6 is 0 Å². The molecule has 1 atom stereocenters. The average Bonchev–Trinajstić information content (AvgIpc) is 3.27. The maximum atomic E-state index is 13.2. The number of hydrogen-bond acceptors (Lipinski definition) is 7. The van der Waals surface area contributed by atoms with Gasteiger partial charge in [0, 0.05) is 5.56 Å². The first kappa shape index (κ1) is 24.6. The Labute approximate surface area is 201 Å². The third-order valence-corrected chi connectivity index (χ3v) is 5.65. The average molecular weight is 500 g/mol. The molecule has 0 spiro atoms. The number of methoxy groups -OCH3 is 2. The van der Waals surface area contributed by atoms with Crippen LogP contribution in [-0.4, -0.2) is 45.5 Å². The monoisotopic (exact) mass is 500 g/mol. The Balaban J connectivity index is 1.78. The van der Waals surface area contributed by atoms with Crippen LogP contribution in [0.15, 0.2) is 53.6 Å². The van der Waals surface area contributed by atoms with Gasteiger partial charge in [-0.2, -0.15) is 18.3 Å². The van der Waals surface area contributed by atoms with Crippen molar-refractivity contribution in [1.82, 2.24) is 19.7 Å². The zero-order chi connectivity index (χ0) is 26.2. The van der Waals surface area contributed by atoms with Gasteiger partial charge in [0.25, 0.3) is 11.3 Å². The maximum absolute atomic E-state index is 13.2. The number of carbonyl (C=O) groups excluding carboxylic acids is 2. The second kappa shape index (κ2) is 9.29. The third kappa shape index (κ3) is 4.32. The van der Waals surface area contributed by atoms with E-state index in [1.807, 2.05) is 0 Å². The van der Waals surface area contributed by atoms with Crippen molar-refractivity contribution in [3.05, 3.63) is 81.5 Å². The van der Waals surface area contributed by atoms with Crippen LogP contribution in [0.5, 0.6) is 11.5 Å². The summed E-state index contributed by atoms with van der Waals surface area (Å²) >= 11 is 0. The summed E-state index contributed by atoms with van der Waals surface area (Å²) in [6, 6.07) is 7.81. The highest BCUT2D eigenvalue weighted by molar-refractivity contribution is 6.50. The minimum Gasteiger partial charge on any atom is -0.493 e. The van der Waals surface area contributed by atoms with E-state index in [4.69, 9.17) is 9.47 Å². The quantitative estimate of drug-likeness (QED) is 0.303. The summed E-state index contributed by atoms with van der Waals surface area (Å²) in [5, 5.41) is 3.99. The highest BCUT2D eigenvalue weighted by Crippen LogP contribution is 2.31. The van der Waals surface area contributed by atoms with E-state index in [2.05, 4.69) is 15.1 Å². The van der Waals surface area contributed by atoms with Gasteiger partial charge in [0.1, 0.15) is 5.39 Å². The number of carbonyl (C=O) groups is 2. The molecule has 2 aromatic carbocycles. The Bertz CT molecular complexity index is 1520. The molecule has 0 aliphatic carbocycles. The van der Waals surface area contributed by atoms with Crippen LogP contribution in [-0.2, 0) is 6.18 Å². The van der Waals surface area contributed by atoms with E-state index in [1.54, 1.807) is 6.92 Å². The van der Waals surface area contributed by atoms with Gasteiger partial charge in [0.15, 0.2) is 22.8 Å². The number of rotatable bonds is 7. The number of ether oxygens (including phenoxy) is 2. The Morgan fingerprint density at radius 3 is 2.28 bits per heavy atom. The van der Waals surface area contributed by atoms with E-state index < -0.39 is 40.6 Å². The van der Waals surface area contributed by atoms with Crippen LogP contribution in [0.1, 0.15) is 44.9 Å². The first-order valence-corrected chi connectivity index (χ1v) is 10.5. The first-order valence-electron chi connectivity index (χ1n) is 10.5. The predicted molar refractivity (Wildman–Crippen MR) is 122 cm³/mol. The predicted octanol–water partition coefficient (Wildman–Crippen LogP) is 3.83. The summed E-state index contributed by atoms with van der Waals surface area (Å²) in [5.41, 5.74) is -1.56. The zero-order valence-corrected chi connectivity index (χ0v) is 19.2. The van der Waals surface area contributed by atoms with Gasteiger partial charge in [-0.05, 0) is 42.8 Å². The van der Waals surface area contributed by atoms with Gasteiger partial charge in [0.05, 0.1) is 32.2 Å². The first-order chi connectivity index (χ1) is 17.1. The molecule has 2 aromatic heterocycles. The number of fused-ring (bicyclic) bond motifs is 1. The topological polar surface area (TPSA) is 116 Å². The van der Waals surface area contributed by atoms with Gasteiger partial charge in [-0.15, -0.1) is 0 Å². The van der Waals surface area contributed by atoms with Crippen LogP contribution in [0.25, 0.3) is 11.0 Å². The van der Waals surface area contributed by atoms with Crippen molar-refractivity contribution in [2.45, 2.75) is 19.1 Å². The number of halogens is 3. The van der Waals surface area contributed by atoms with Crippen molar-refractivity contribution < 1.29 is 32.2 Å². The molecule has 1 N–H and O–H groups in total. The summed E-state index contributed by atoms with van der Waals surface area (Å²) in [5.74, 6) is -1.44. The molecule has 0 saturated carbocycles. The zero-order valence-electron chi connectivity index (χ0n) is 19.2. The lowest BCUT2D eigenvalue weighted by molar-refractivity contribution is -0.137. The van der Waals surface area contributed by atoms with Crippen molar-refractivity contribution in [1.29, 1.82) is 0 Å². The molecule has 0 saturated heterocycles. The summed E-state index contributed by atoms with van der Waals surface area (Å²) in [6.07, 6.45) is -3.40. The van der Waals surface area contributed by atoms with Crippen LogP contribution in [0.3, 0.4) is 0 Å². The van der Waals surface area contributed by atoms with Crippen LogP contribution in [0, 0.1) is 0 Å². The normalized spacial score (nSPS) is 12.4. The number of aromatic nitrogens is 4. The fraction of sp³-hybridized carbons (Fsp3) is 0.208. The molecule has 186 valence electrons. The summed E-state index contributed by atoms with van der Waals surface area (Å²) in [4.78, 5) is 45.3. The van der Waals surface area contributed by atoms with Crippen molar-refractivity contribution in [2.75, 3.05) is 14.2 Å². The third-order valence-electron chi connectivity index (χ3n) is 5.65. The number of nitrogens with one attached hydrogen (secondary N) is 1. The number of hydrogen-bond donors (Lipinski definition) is 1. The van der Waals surface area contributed by atoms with Crippen LogP contribution in [0.4, 0.5) is 13.2 Å². The van der Waals surface area contributed by atoms with E-state index in [0.29, 0.717) is 11.3 Å². The summed E-state index contributed by atoms with van der Waals surface area (Å²) in [6.45, 7) is 1.61. The molecule has 4 aromatic rings. The molecule has 12 heteroatoms. The number of H-pyrrole nitrogens is 1. The van der Waals surface area contributed by atoms with Crippen molar-refractivity contribution >= 4 is 22.6 Å². The molecule has 0 aliphatic heterocycles. The largest absolute Gasteiger partial charge is 0.493 e. The molecule has 0 fully saturated rings. The number of ketones is 2. The molecule has 4 rings (SSSR count). The SMILES string of the molecule is COc1ccc(C(=O)C(=O)c2nn(C(C)c3ccc(C(F)(F)F)cc3)c3nc[nH]c(=O)c23)cc1OC. The molecule has 1 unspecified atom stereocenters. The molecular weight excluding hydrogens is 481 g/mol. The number of benzene rings is 2. The van der Waals surface area contributed by atoms with Crippen molar-refractivity contribution in [2.24, 2.45) is 0 Å². The lowest BCUT2D eigenvalue weighted by atomic mass is 10.0. The van der Waals surface area contributed by atoms with E-state index in [9.17, 15) is 27.6 Å². The van der Waals surface area contributed by atoms with Gasteiger partial charge in [-0.25, -0.2) is 9.67 Å². The Kier molecular flexibility index (Phi) is 6.35. The molecule has 0 bridgehead atoms. The van der Waals surface area contributed by atoms with Gasteiger partial charge < -0.3 is 14.5 Å². The second-order valence-corrected chi connectivity index (χ2v) is 7.75. The van der Waals surface area contributed by atoms with Gasteiger partial charge in [-0.3, -0.25) is 14.4 Å². The maximum Gasteiger partial charge on any atom is 0.416 e. The summed E-state index contributed by atoms with van der Waals surface area (Å²) < 4.78 is 50.4. The number of aromatic amines is 1. The molecule has 2 heterocycles. The molecule has 0 aliphatic rings. The number of alkyl halides is 3. The highest BCUT2D eigenvalue weighted by Gasteiger charge is 2.31. The Morgan fingerprint density at radius 1 is 1.00 bits per heavy atom. The highest BCUT2D eigenvalue weighted by atomic mass is 19.4. The number of Topliss-reactive ketones (excluding diaryl/α,β-unsaturated/α-hetero) is 2. The number of nitrogens with zero attached hydrogens (tertiary/aromatic N) is 3. The van der Waals surface area contributed by atoms with E-state index in [1.165, 1.54) is 49.2 Å². The smallest absolute Gasteiger partial charge is 0.416 e. The minimum absolute atomic E-state index is 0.00499. The summed E-state index contributed by atoms with van der Waals surface area (Å²) in [7, 11) is 2.79. The van der Waals surface area contributed by atoms with E-state index in [-0.39, 0.29) is 22.3 Å². The lowest BCUT2D eigenvalue weighted by Crippen LogP contribution is -2.18. The van der Waals surface area contributed by atoms with Gasteiger partial charge in [-0.1, -0.05) is 12.1 Å². The Hall–Kier alpha value is -4.48. The molecule has 36 heavy (non-hydrogen) atoms. The molecular formula is C24H19F3N4O5. The fourth-order valence-corrected chi connectivity index (χ4v) is 3.72. The molecule has 0 amide bonds. The van der Waals surface area contributed by atoms with E-state index in [0.717, 1.165) is 18.5 Å². The Morgan fingerprint density at radius 2 is 1.67 bits per heavy atom. The van der Waals surface area contributed by atoms with Crippen molar-refractivity contribution in [3.8, 4) is 11.5 Å². The standard InChI is InChI=1S/C24H19F3N4O5/c1-12(13-4-7-15(8-5-13)24(25,26)27)31-22-18(23(34)29-11-28-22)19(30-31)21(33)20(32)14-6-9-16(35-2)17(10-14)36-3/h4-12H,1-3H3,(H,28,29,34). The fourth-order valence-electron chi connectivity index (χ4n) is 3.72.